The molecule has 0 saturated carbocycles. The second-order valence-electron chi connectivity index (χ2n) is 6.70. The number of sulfonamides is 1. The number of benzene rings is 3. The van der Waals surface area contributed by atoms with Crippen LogP contribution in [0.5, 0.6) is 0 Å². The van der Waals surface area contributed by atoms with E-state index in [4.69, 9.17) is 11.6 Å². The van der Waals surface area contributed by atoms with Crippen molar-refractivity contribution in [2.45, 2.75) is 18.7 Å². The molecule has 30 heavy (non-hydrogen) atoms. The van der Waals surface area contributed by atoms with Crippen molar-refractivity contribution in [2.24, 2.45) is 4.99 Å². The van der Waals surface area contributed by atoms with Gasteiger partial charge in [0.2, 0.25) is 0 Å². The molecule has 0 aliphatic rings. The molecule has 1 N–H and O–H groups in total. The van der Waals surface area contributed by atoms with Crippen LogP contribution in [-0.2, 0) is 10.0 Å². The van der Waals surface area contributed by atoms with Crippen LogP contribution in [-0.4, -0.2) is 19.6 Å². The Bertz CT molecular complexity index is 1220. The highest BCUT2D eigenvalue weighted by Gasteiger charge is 2.14. The van der Waals surface area contributed by atoms with Crippen LogP contribution in [0.25, 0.3) is 0 Å². The second kappa shape index (κ2) is 8.64. The summed E-state index contributed by atoms with van der Waals surface area (Å²) in [4.78, 5) is 14.7. The Morgan fingerprint density at radius 1 is 1.00 bits per heavy atom. The van der Waals surface area contributed by atoms with E-state index in [1.54, 1.807) is 12.1 Å². The first-order valence-corrected chi connectivity index (χ1v) is 10.7. The minimum absolute atomic E-state index is 0.0917. The predicted octanol–water partition coefficient (Wildman–Crippen LogP) is 5.42. The number of nitro benzene ring substituents is 1. The maximum Gasteiger partial charge on any atom is 0.270 e. The van der Waals surface area contributed by atoms with Crippen LogP contribution in [0.1, 0.15) is 16.7 Å². The number of aryl methyl sites for hydroxylation is 2. The average molecular weight is 444 g/mol. The Morgan fingerprint density at radius 3 is 2.23 bits per heavy atom. The van der Waals surface area contributed by atoms with Crippen molar-refractivity contribution in [1.29, 1.82) is 0 Å². The number of anilines is 1. The third-order valence-corrected chi connectivity index (χ3v) is 5.91. The third kappa shape index (κ3) is 5.22. The molecule has 0 aliphatic carbocycles. The van der Waals surface area contributed by atoms with Crippen molar-refractivity contribution < 1.29 is 13.3 Å². The summed E-state index contributed by atoms with van der Waals surface area (Å²) in [6.45, 7) is 3.79. The predicted molar refractivity (Wildman–Crippen MR) is 119 cm³/mol. The maximum atomic E-state index is 12.6. The number of nitro groups is 1. The summed E-state index contributed by atoms with van der Waals surface area (Å²) in [5, 5.41) is 11.2. The van der Waals surface area contributed by atoms with Gasteiger partial charge in [0.25, 0.3) is 15.7 Å². The zero-order chi connectivity index (χ0) is 21.9. The van der Waals surface area contributed by atoms with Crippen LogP contribution in [0.4, 0.5) is 17.1 Å². The number of rotatable bonds is 6. The number of aliphatic imine (C=N–C) groups is 1. The average Bonchev–Trinajstić information content (AvgIpc) is 2.66. The first-order valence-electron chi connectivity index (χ1n) is 8.83. The molecule has 0 aliphatic heterocycles. The summed E-state index contributed by atoms with van der Waals surface area (Å²) in [6.07, 6.45) is 1.40. The Labute approximate surface area is 179 Å². The van der Waals surface area contributed by atoms with Crippen molar-refractivity contribution in [2.75, 3.05) is 4.72 Å². The molecule has 0 aromatic heterocycles. The van der Waals surface area contributed by atoms with Gasteiger partial charge in [-0.2, -0.15) is 0 Å². The first-order chi connectivity index (χ1) is 14.1. The lowest BCUT2D eigenvalue weighted by atomic mass is 10.1. The van der Waals surface area contributed by atoms with Gasteiger partial charge in [-0.05, 0) is 67.4 Å². The van der Waals surface area contributed by atoms with Crippen LogP contribution in [0.2, 0.25) is 5.02 Å². The highest BCUT2D eigenvalue weighted by Crippen LogP contribution is 2.23. The van der Waals surface area contributed by atoms with Crippen LogP contribution in [0, 0.1) is 24.0 Å². The van der Waals surface area contributed by atoms with Crippen LogP contribution >= 0.6 is 11.6 Å². The Hall–Kier alpha value is -3.23. The smallest absolute Gasteiger partial charge is 0.270 e. The molecule has 0 fully saturated rings. The normalized spacial score (nSPS) is 11.6. The molecule has 154 valence electrons. The molecule has 3 aromatic carbocycles. The monoisotopic (exact) mass is 443 g/mol. The van der Waals surface area contributed by atoms with Crippen LogP contribution < -0.4 is 4.72 Å². The van der Waals surface area contributed by atoms with Gasteiger partial charge in [0.15, 0.2) is 0 Å². The number of hydrogen-bond donors (Lipinski definition) is 1. The van der Waals surface area contributed by atoms with Crippen molar-refractivity contribution in [1.82, 2.24) is 0 Å². The molecule has 0 unspecified atom stereocenters. The Kier molecular flexibility index (Phi) is 6.19. The highest BCUT2D eigenvalue weighted by molar-refractivity contribution is 7.92. The summed E-state index contributed by atoms with van der Waals surface area (Å²) in [7, 11) is -3.75. The van der Waals surface area contributed by atoms with E-state index < -0.39 is 14.9 Å². The number of hydrogen-bond acceptors (Lipinski definition) is 5. The number of nitrogens with zero attached hydrogens (tertiary/aromatic N) is 2. The number of nitrogens with one attached hydrogen (secondary N) is 1. The quantitative estimate of drug-likeness (QED) is 0.312. The maximum absolute atomic E-state index is 12.6. The molecule has 0 saturated heterocycles. The molecule has 0 heterocycles. The largest absolute Gasteiger partial charge is 0.280 e. The standard InChI is InChI=1S/C21H18ClN3O4S/c1-14-9-15(2)11-18(10-14)24-30(28,29)20-6-3-17(4-7-20)23-13-16-12-19(25(26)27)5-8-21(16)22/h3-13,24H,1-2H3. The van der Waals surface area contributed by atoms with E-state index in [0.29, 0.717) is 22.0 Å². The van der Waals surface area contributed by atoms with Gasteiger partial charge >= 0.3 is 0 Å². The van der Waals surface area contributed by atoms with E-state index in [9.17, 15) is 18.5 Å². The van der Waals surface area contributed by atoms with E-state index in [2.05, 4.69) is 9.71 Å². The molecule has 3 rings (SSSR count). The summed E-state index contributed by atoms with van der Waals surface area (Å²) >= 11 is 6.05. The zero-order valence-corrected chi connectivity index (χ0v) is 17.7. The summed E-state index contributed by atoms with van der Waals surface area (Å²) < 4.78 is 27.8. The van der Waals surface area contributed by atoms with Crippen molar-refractivity contribution >= 4 is 44.9 Å². The lowest BCUT2D eigenvalue weighted by molar-refractivity contribution is -0.384. The van der Waals surface area contributed by atoms with Gasteiger partial charge in [-0.3, -0.25) is 19.8 Å². The Balaban J connectivity index is 1.80. The van der Waals surface area contributed by atoms with Crippen LogP contribution in [0.15, 0.2) is 70.6 Å². The fourth-order valence-electron chi connectivity index (χ4n) is 2.85. The van der Waals surface area contributed by atoms with Gasteiger partial charge in [-0.15, -0.1) is 0 Å². The lowest BCUT2D eigenvalue weighted by Crippen LogP contribution is -2.13. The molecule has 3 aromatic rings. The molecule has 0 amide bonds. The molecule has 0 spiro atoms. The van der Waals surface area contributed by atoms with Gasteiger partial charge in [0.1, 0.15) is 0 Å². The van der Waals surface area contributed by atoms with Crippen LogP contribution in [0.3, 0.4) is 0 Å². The van der Waals surface area contributed by atoms with E-state index >= 15 is 0 Å². The fourth-order valence-corrected chi connectivity index (χ4v) is 4.05. The molecular weight excluding hydrogens is 426 g/mol. The van der Waals surface area contributed by atoms with Gasteiger partial charge < -0.3 is 0 Å². The molecule has 0 radical (unpaired) electrons. The van der Waals surface area contributed by atoms with E-state index in [-0.39, 0.29) is 10.6 Å². The minimum atomic E-state index is -3.75. The molecule has 9 heteroatoms. The van der Waals surface area contributed by atoms with Crippen molar-refractivity contribution in [3.05, 3.63) is 92.5 Å². The van der Waals surface area contributed by atoms with E-state index in [1.165, 1.54) is 48.7 Å². The number of halogens is 1. The van der Waals surface area contributed by atoms with Crippen molar-refractivity contribution in [3.63, 3.8) is 0 Å². The number of non-ortho nitro benzene ring substituents is 1. The van der Waals surface area contributed by atoms with E-state index in [0.717, 1.165) is 11.1 Å². The third-order valence-electron chi connectivity index (χ3n) is 4.16. The van der Waals surface area contributed by atoms with Gasteiger partial charge in [-0.25, -0.2) is 8.42 Å². The van der Waals surface area contributed by atoms with Gasteiger partial charge in [0, 0.05) is 34.6 Å². The topological polar surface area (TPSA) is 102 Å². The zero-order valence-electron chi connectivity index (χ0n) is 16.2. The molecular formula is C21H18ClN3O4S. The van der Waals surface area contributed by atoms with Crippen molar-refractivity contribution in [3.8, 4) is 0 Å². The highest BCUT2D eigenvalue weighted by atomic mass is 35.5. The Morgan fingerprint density at radius 2 is 1.63 bits per heavy atom. The van der Waals surface area contributed by atoms with Gasteiger partial charge in [0.05, 0.1) is 15.5 Å². The molecule has 0 atom stereocenters. The SMILES string of the molecule is Cc1cc(C)cc(NS(=O)(=O)c2ccc(N=Cc3cc([N+](=O)[O-])ccc3Cl)cc2)c1. The minimum Gasteiger partial charge on any atom is -0.280 e. The first kappa shape index (κ1) is 21.5. The van der Waals surface area contributed by atoms with Gasteiger partial charge in [-0.1, -0.05) is 17.7 Å². The summed E-state index contributed by atoms with van der Waals surface area (Å²) in [6, 6.07) is 15.5. The lowest BCUT2D eigenvalue weighted by Gasteiger charge is -2.10. The fraction of sp³-hybridized carbons (Fsp3) is 0.0952. The molecule has 7 nitrogen and oxygen atoms in total. The second-order valence-corrected chi connectivity index (χ2v) is 8.79. The van der Waals surface area contributed by atoms with E-state index in [1.807, 2.05) is 19.9 Å². The summed E-state index contributed by atoms with van der Waals surface area (Å²) in [5.41, 5.74) is 3.17. The molecule has 0 bridgehead atoms. The summed E-state index contributed by atoms with van der Waals surface area (Å²) in [5.74, 6) is 0.